The number of benzene rings is 2. The molecule has 2 aromatic rings. The number of phenolic OH excluding ortho intramolecular Hbond substituents is 1. The minimum absolute atomic E-state index is 0.112. The van der Waals surface area contributed by atoms with Gasteiger partial charge >= 0.3 is 0 Å². The second kappa shape index (κ2) is 9.17. The van der Waals surface area contributed by atoms with E-state index in [-0.39, 0.29) is 49.2 Å². The van der Waals surface area contributed by atoms with E-state index in [2.05, 4.69) is 0 Å². The molecule has 0 aromatic heterocycles. The lowest BCUT2D eigenvalue weighted by Gasteiger charge is -2.34. The molecule has 8 nitrogen and oxygen atoms in total. The van der Waals surface area contributed by atoms with E-state index < -0.39 is 10.0 Å². The zero-order valence-corrected chi connectivity index (χ0v) is 19.3. The van der Waals surface area contributed by atoms with Gasteiger partial charge in [-0.1, -0.05) is 17.7 Å². The molecule has 0 saturated carbocycles. The number of fused-ring (bicyclic) bond motifs is 1. The average molecular weight is 481 g/mol. The lowest BCUT2D eigenvalue weighted by atomic mass is 10.1. The van der Waals surface area contributed by atoms with Crippen molar-refractivity contribution in [2.75, 3.05) is 39.4 Å². The lowest BCUT2D eigenvalue weighted by Crippen LogP contribution is -2.50. The first kappa shape index (κ1) is 22.7. The molecule has 1 amide bonds. The summed E-state index contributed by atoms with van der Waals surface area (Å²) in [5, 5.41) is 10.4. The van der Waals surface area contributed by atoms with Crippen molar-refractivity contribution in [1.82, 2.24) is 9.21 Å². The second-order valence-corrected chi connectivity index (χ2v) is 10.2. The van der Waals surface area contributed by atoms with Crippen LogP contribution in [0.1, 0.15) is 17.5 Å². The maximum atomic E-state index is 13.0. The number of nitrogens with zero attached hydrogens (tertiary/aromatic N) is 2. The molecule has 0 spiro atoms. The van der Waals surface area contributed by atoms with Crippen LogP contribution < -0.4 is 9.47 Å². The van der Waals surface area contributed by atoms with E-state index in [9.17, 15) is 18.3 Å². The Bertz CT molecular complexity index is 1130. The molecule has 32 heavy (non-hydrogen) atoms. The maximum absolute atomic E-state index is 13.0. The summed E-state index contributed by atoms with van der Waals surface area (Å²) >= 11 is 6.32. The Hall–Kier alpha value is -2.49. The van der Waals surface area contributed by atoms with E-state index >= 15 is 0 Å². The molecule has 0 aliphatic carbocycles. The minimum atomic E-state index is -3.85. The molecule has 0 atom stereocenters. The third kappa shape index (κ3) is 4.65. The Morgan fingerprint density at radius 3 is 2.56 bits per heavy atom. The first-order valence-corrected chi connectivity index (χ1v) is 12.2. The average Bonchev–Trinajstić information content (AvgIpc) is 3.01. The molecule has 0 radical (unpaired) electrons. The SMILES string of the molecule is Cc1ccc(O)c(S(=O)(=O)N2CCN(C(=O)Cc3cc(Cl)c4c(c3)OCCCO4)CC2)c1. The van der Waals surface area contributed by atoms with Crippen molar-refractivity contribution in [3.8, 4) is 17.2 Å². The maximum Gasteiger partial charge on any atom is 0.246 e. The largest absolute Gasteiger partial charge is 0.507 e. The highest BCUT2D eigenvalue weighted by Gasteiger charge is 2.32. The summed E-state index contributed by atoms with van der Waals surface area (Å²) in [5.74, 6) is 0.636. The number of ether oxygens (including phenoxy) is 2. The Labute approximate surface area is 192 Å². The molecule has 0 unspecified atom stereocenters. The van der Waals surface area contributed by atoms with E-state index in [0.29, 0.717) is 35.3 Å². The van der Waals surface area contributed by atoms with Crippen molar-refractivity contribution >= 4 is 27.5 Å². The van der Waals surface area contributed by atoms with Crippen LogP contribution in [0.2, 0.25) is 5.02 Å². The number of aromatic hydroxyl groups is 1. The van der Waals surface area contributed by atoms with Gasteiger partial charge in [0.15, 0.2) is 11.5 Å². The van der Waals surface area contributed by atoms with Gasteiger partial charge in [-0.05, 0) is 42.3 Å². The third-order valence-electron chi connectivity index (χ3n) is 5.54. The van der Waals surface area contributed by atoms with Gasteiger partial charge < -0.3 is 19.5 Å². The van der Waals surface area contributed by atoms with Gasteiger partial charge in [0.25, 0.3) is 0 Å². The number of halogens is 1. The van der Waals surface area contributed by atoms with Gasteiger partial charge in [-0.2, -0.15) is 4.31 Å². The number of hydrogen-bond donors (Lipinski definition) is 1. The Morgan fingerprint density at radius 2 is 1.81 bits per heavy atom. The number of aryl methyl sites for hydroxylation is 1. The summed E-state index contributed by atoms with van der Waals surface area (Å²) in [7, 11) is -3.85. The molecule has 2 aliphatic heterocycles. The van der Waals surface area contributed by atoms with Crippen LogP contribution in [0.15, 0.2) is 35.2 Å². The van der Waals surface area contributed by atoms with Crippen molar-refractivity contribution in [3.05, 3.63) is 46.5 Å². The van der Waals surface area contributed by atoms with Crippen molar-refractivity contribution in [2.24, 2.45) is 0 Å². The fraction of sp³-hybridized carbons (Fsp3) is 0.409. The molecule has 1 fully saturated rings. The fourth-order valence-corrected chi connectivity index (χ4v) is 5.69. The molecule has 10 heteroatoms. The van der Waals surface area contributed by atoms with Gasteiger partial charge in [-0.15, -0.1) is 0 Å². The van der Waals surface area contributed by atoms with Crippen LogP contribution in [-0.4, -0.2) is 68.0 Å². The summed E-state index contributed by atoms with van der Waals surface area (Å²) in [6, 6.07) is 7.95. The Morgan fingerprint density at radius 1 is 1.09 bits per heavy atom. The Kier molecular flexibility index (Phi) is 6.50. The van der Waals surface area contributed by atoms with Gasteiger partial charge in [-0.3, -0.25) is 4.79 Å². The number of sulfonamides is 1. The second-order valence-electron chi connectivity index (χ2n) is 7.89. The van der Waals surface area contributed by atoms with E-state index in [1.165, 1.54) is 16.4 Å². The summed E-state index contributed by atoms with van der Waals surface area (Å²) in [6.07, 6.45) is 0.883. The van der Waals surface area contributed by atoms with Crippen LogP contribution in [0, 0.1) is 6.92 Å². The minimum Gasteiger partial charge on any atom is -0.507 e. The van der Waals surface area contributed by atoms with Gasteiger partial charge in [0.1, 0.15) is 10.6 Å². The molecule has 2 aromatic carbocycles. The van der Waals surface area contributed by atoms with Gasteiger partial charge in [0, 0.05) is 32.6 Å². The first-order chi connectivity index (χ1) is 15.3. The number of rotatable bonds is 4. The zero-order chi connectivity index (χ0) is 22.9. The van der Waals surface area contributed by atoms with Crippen LogP contribution in [-0.2, 0) is 21.2 Å². The topological polar surface area (TPSA) is 96.4 Å². The zero-order valence-electron chi connectivity index (χ0n) is 17.7. The number of carbonyl (C=O) groups excluding carboxylic acids is 1. The van der Waals surface area contributed by atoms with Crippen LogP contribution >= 0.6 is 11.6 Å². The number of phenols is 1. The summed E-state index contributed by atoms with van der Waals surface area (Å²) in [6.45, 7) is 3.66. The van der Waals surface area contributed by atoms with Gasteiger partial charge in [-0.25, -0.2) is 8.42 Å². The van der Waals surface area contributed by atoms with Crippen molar-refractivity contribution in [1.29, 1.82) is 0 Å². The van der Waals surface area contributed by atoms with Crippen molar-refractivity contribution in [2.45, 2.75) is 24.7 Å². The first-order valence-electron chi connectivity index (χ1n) is 10.4. The van der Waals surface area contributed by atoms with Crippen LogP contribution in [0.4, 0.5) is 0 Å². The summed E-state index contributed by atoms with van der Waals surface area (Å²) < 4.78 is 38.5. The third-order valence-corrected chi connectivity index (χ3v) is 7.75. The Balaban J connectivity index is 1.41. The molecule has 172 valence electrons. The highest BCUT2D eigenvalue weighted by molar-refractivity contribution is 7.89. The highest BCUT2D eigenvalue weighted by atomic mass is 35.5. The molecular formula is C22H25ClN2O6S. The van der Waals surface area contributed by atoms with Crippen LogP contribution in [0.5, 0.6) is 17.2 Å². The molecular weight excluding hydrogens is 456 g/mol. The molecule has 1 saturated heterocycles. The molecule has 2 heterocycles. The van der Waals surface area contributed by atoms with Gasteiger partial charge in [0.05, 0.1) is 24.7 Å². The van der Waals surface area contributed by atoms with Crippen molar-refractivity contribution < 1.29 is 27.8 Å². The monoisotopic (exact) mass is 480 g/mol. The normalized spacial score (nSPS) is 17.1. The van der Waals surface area contributed by atoms with E-state index in [0.717, 1.165) is 12.0 Å². The standard InChI is InChI=1S/C22H25ClN2O6S/c1-15-3-4-18(26)20(11-15)32(28,29)25-7-5-24(6-8-25)21(27)14-16-12-17(23)22-19(13-16)30-9-2-10-31-22/h3-4,11-13,26H,2,5-10,14H2,1H3. The number of amides is 1. The fourth-order valence-electron chi connectivity index (χ4n) is 3.82. The summed E-state index contributed by atoms with van der Waals surface area (Å²) in [5.41, 5.74) is 1.45. The summed E-state index contributed by atoms with van der Waals surface area (Å²) in [4.78, 5) is 14.4. The van der Waals surface area contributed by atoms with Crippen LogP contribution in [0.25, 0.3) is 0 Å². The number of piperazine rings is 1. The smallest absolute Gasteiger partial charge is 0.246 e. The number of hydrogen-bond acceptors (Lipinski definition) is 6. The van der Waals surface area contributed by atoms with Crippen LogP contribution in [0.3, 0.4) is 0 Å². The highest BCUT2D eigenvalue weighted by Crippen LogP contribution is 2.38. The van der Waals surface area contributed by atoms with Gasteiger partial charge in [0.2, 0.25) is 15.9 Å². The van der Waals surface area contributed by atoms with E-state index in [1.807, 2.05) is 0 Å². The predicted molar refractivity (Wildman–Crippen MR) is 119 cm³/mol. The lowest BCUT2D eigenvalue weighted by molar-refractivity contribution is -0.131. The number of carbonyl (C=O) groups is 1. The van der Waals surface area contributed by atoms with E-state index in [4.69, 9.17) is 21.1 Å². The molecule has 4 rings (SSSR count). The molecule has 2 aliphatic rings. The molecule has 0 bridgehead atoms. The quantitative estimate of drug-likeness (QED) is 0.722. The predicted octanol–water partition coefficient (Wildman–Crippen LogP) is 2.59. The molecule has 1 N–H and O–H groups in total. The van der Waals surface area contributed by atoms with E-state index in [1.54, 1.807) is 30.0 Å². The van der Waals surface area contributed by atoms with Crippen molar-refractivity contribution in [3.63, 3.8) is 0 Å².